The highest BCUT2D eigenvalue weighted by atomic mass is 16.2. The number of anilines is 1. The molecule has 0 spiro atoms. The summed E-state index contributed by atoms with van der Waals surface area (Å²) in [5, 5.41) is 10.0. The van der Waals surface area contributed by atoms with Crippen LogP contribution in [0.4, 0.5) is 10.5 Å². The molecule has 3 amide bonds. The summed E-state index contributed by atoms with van der Waals surface area (Å²) in [5.74, 6) is -0.455. The Morgan fingerprint density at radius 3 is 2.74 bits per heavy atom. The number of aryl methyl sites for hydroxylation is 1. The van der Waals surface area contributed by atoms with Gasteiger partial charge in [0.25, 0.3) is 5.91 Å². The van der Waals surface area contributed by atoms with Crippen molar-refractivity contribution >= 4 is 29.2 Å². The van der Waals surface area contributed by atoms with Gasteiger partial charge in [-0.2, -0.15) is 5.10 Å². The van der Waals surface area contributed by atoms with Gasteiger partial charge in [-0.05, 0) is 41.8 Å². The molecule has 178 valence electrons. The van der Waals surface area contributed by atoms with Crippen molar-refractivity contribution in [2.45, 2.75) is 38.4 Å². The maximum atomic E-state index is 13.0. The maximum Gasteiger partial charge on any atom is 0.319 e. The number of ketones is 2. The normalized spacial score (nSPS) is 17.5. The number of hydrogen-bond donors (Lipinski definition) is 2. The molecule has 2 aliphatic rings. The first-order valence-electron chi connectivity index (χ1n) is 11.5. The van der Waals surface area contributed by atoms with Gasteiger partial charge in [0.05, 0.1) is 18.2 Å². The molecule has 9 nitrogen and oxygen atoms in total. The van der Waals surface area contributed by atoms with Gasteiger partial charge in [0.15, 0.2) is 5.78 Å². The zero-order valence-electron chi connectivity index (χ0n) is 19.3. The number of nitrogens with one attached hydrogen (secondary N) is 2. The van der Waals surface area contributed by atoms with E-state index in [-0.39, 0.29) is 36.5 Å². The van der Waals surface area contributed by atoms with Crippen LogP contribution in [-0.2, 0) is 29.7 Å². The number of benzene rings is 2. The number of fused-ring (bicyclic) bond motifs is 1. The molecule has 1 aromatic heterocycles. The van der Waals surface area contributed by atoms with Gasteiger partial charge in [0.2, 0.25) is 0 Å². The van der Waals surface area contributed by atoms with E-state index >= 15 is 0 Å². The Bertz CT molecular complexity index is 1350. The molecular weight excluding hydrogens is 446 g/mol. The van der Waals surface area contributed by atoms with Crippen molar-refractivity contribution < 1.29 is 19.2 Å². The van der Waals surface area contributed by atoms with E-state index in [1.165, 1.54) is 0 Å². The first kappa shape index (κ1) is 22.5. The number of aromatic nitrogens is 2. The zero-order valence-corrected chi connectivity index (χ0v) is 19.3. The van der Waals surface area contributed by atoms with E-state index < -0.39 is 6.04 Å². The number of nitrogens with zero attached hydrogens (tertiary/aromatic N) is 3. The monoisotopic (exact) mass is 471 g/mol. The fourth-order valence-corrected chi connectivity index (χ4v) is 4.60. The molecule has 9 heteroatoms. The van der Waals surface area contributed by atoms with E-state index in [1.54, 1.807) is 21.7 Å². The molecule has 2 heterocycles. The largest absolute Gasteiger partial charge is 0.334 e. The van der Waals surface area contributed by atoms with Crippen LogP contribution in [0.2, 0.25) is 0 Å². The van der Waals surface area contributed by atoms with Crippen LogP contribution in [0.5, 0.6) is 0 Å². The van der Waals surface area contributed by atoms with Crippen LogP contribution in [0.25, 0.3) is 11.3 Å². The standard InChI is InChI=1S/C26H25N5O4/c1-30-10-9-22(29-30)17-3-2-4-19(12-17)28-26(35)27-14-16-5-6-18-15-31(25(34)21(18)11-16)23-8-7-20(32)13-24(23)33/h2-6,9-12,23H,7-8,13-15H2,1H3,(H2,27,28,35). The van der Waals surface area contributed by atoms with Crippen molar-refractivity contribution in [3.63, 3.8) is 0 Å². The molecule has 35 heavy (non-hydrogen) atoms. The van der Waals surface area contributed by atoms with Crippen LogP contribution in [0.3, 0.4) is 0 Å². The molecule has 3 aromatic rings. The highest BCUT2D eigenvalue weighted by Crippen LogP contribution is 2.29. The SMILES string of the molecule is Cn1ccc(-c2cccc(NC(=O)NCc3ccc4c(c3)C(=O)N(C3CCC(=O)CC3=O)C4)c2)n1. The number of urea groups is 1. The molecule has 2 N–H and O–H groups in total. The Balaban J connectivity index is 1.20. The van der Waals surface area contributed by atoms with Crippen molar-refractivity contribution in [3.05, 3.63) is 71.4 Å². The summed E-state index contributed by atoms with van der Waals surface area (Å²) in [6, 6.07) is 13.9. The van der Waals surface area contributed by atoms with Crippen LogP contribution in [0, 0.1) is 0 Å². The molecular formula is C26H25N5O4. The zero-order chi connectivity index (χ0) is 24.5. The number of carbonyl (C=O) groups excluding carboxylic acids is 4. The van der Waals surface area contributed by atoms with Crippen molar-refractivity contribution in [2.24, 2.45) is 7.05 Å². The molecule has 0 radical (unpaired) electrons. The van der Waals surface area contributed by atoms with Gasteiger partial charge in [0.1, 0.15) is 5.78 Å². The lowest BCUT2D eigenvalue weighted by Crippen LogP contribution is -2.44. The first-order valence-corrected chi connectivity index (χ1v) is 11.5. The van der Waals surface area contributed by atoms with Gasteiger partial charge in [-0.1, -0.05) is 24.3 Å². The predicted molar refractivity (Wildman–Crippen MR) is 128 cm³/mol. The topological polar surface area (TPSA) is 113 Å². The first-order chi connectivity index (χ1) is 16.9. The maximum absolute atomic E-state index is 13.0. The number of rotatable bonds is 5. The number of hydrogen-bond acceptors (Lipinski definition) is 5. The van der Waals surface area contributed by atoms with Crippen molar-refractivity contribution in [1.29, 1.82) is 0 Å². The Labute approximate surface area is 202 Å². The Kier molecular flexibility index (Phi) is 5.90. The van der Waals surface area contributed by atoms with Crippen molar-refractivity contribution in [1.82, 2.24) is 20.0 Å². The Hall–Kier alpha value is -4.27. The lowest BCUT2D eigenvalue weighted by Gasteiger charge is -2.29. The summed E-state index contributed by atoms with van der Waals surface area (Å²) in [6.07, 6.45) is 2.47. The molecule has 0 bridgehead atoms. The van der Waals surface area contributed by atoms with Crippen LogP contribution in [-0.4, -0.2) is 44.2 Å². The van der Waals surface area contributed by atoms with Crippen LogP contribution in [0.15, 0.2) is 54.7 Å². The predicted octanol–water partition coefficient (Wildman–Crippen LogP) is 3.06. The number of amides is 3. The minimum Gasteiger partial charge on any atom is -0.334 e. The van der Waals surface area contributed by atoms with Gasteiger partial charge in [-0.15, -0.1) is 0 Å². The second kappa shape index (κ2) is 9.17. The number of carbonyl (C=O) groups is 4. The Morgan fingerprint density at radius 1 is 1.11 bits per heavy atom. The average molecular weight is 472 g/mol. The smallest absolute Gasteiger partial charge is 0.319 e. The summed E-state index contributed by atoms with van der Waals surface area (Å²) in [7, 11) is 1.85. The van der Waals surface area contributed by atoms with E-state index in [9.17, 15) is 19.2 Å². The van der Waals surface area contributed by atoms with E-state index in [1.807, 2.05) is 49.6 Å². The van der Waals surface area contributed by atoms with Crippen LogP contribution < -0.4 is 10.6 Å². The van der Waals surface area contributed by atoms with Gasteiger partial charge >= 0.3 is 6.03 Å². The van der Waals surface area contributed by atoms with Gasteiger partial charge in [0, 0.05) is 49.6 Å². The molecule has 1 aliphatic heterocycles. The van der Waals surface area contributed by atoms with E-state index in [2.05, 4.69) is 15.7 Å². The third-order valence-corrected chi connectivity index (χ3v) is 6.41. The van der Waals surface area contributed by atoms with Gasteiger partial charge in [-0.25, -0.2) is 4.79 Å². The lowest BCUT2D eigenvalue weighted by molar-refractivity contribution is -0.133. The molecule has 1 atom stereocenters. The summed E-state index contributed by atoms with van der Waals surface area (Å²) in [4.78, 5) is 50.9. The van der Waals surface area contributed by atoms with E-state index in [0.29, 0.717) is 30.6 Å². The van der Waals surface area contributed by atoms with Crippen molar-refractivity contribution in [3.8, 4) is 11.3 Å². The fourth-order valence-electron chi connectivity index (χ4n) is 4.60. The molecule has 1 fully saturated rings. The molecule has 1 unspecified atom stereocenters. The summed E-state index contributed by atoms with van der Waals surface area (Å²) in [6.45, 7) is 0.600. The number of Topliss-reactive ketones (excluding diaryl/α,β-unsaturated/α-hetero) is 2. The van der Waals surface area contributed by atoms with Crippen molar-refractivity contribution in [2.75, 3.05) is 5.32 Å². The van der Waals surface area contributed by atoms with Gasteiger partial charge < -0.3 is 15.5 Å². The molecule has 0 saturated heterocycles. The highest BCUT2D eigenvalue weighted by molar-refractivity contribution is 6.07. The summed E-state index contributed by atoms with van der Waals surface area (Å²) >= 11 is 0. The van der Waals surface area contributed by atoms with E-state index in [0.717, 1.165) is 22.4 Å². The summed E-state index contributed by atoms with van der Waals surface area (Å²) < 4.78 is 1.72. The third kappa shape index (κ3) is 4.70. The fraction of sp³-hybridized carbons (Fsp3) is 0.269. The quantitative estimate of drug-likeness (QED) is 0.556. The molecule has 1 aliphatic carbocycles. The van der Waals surface area contributed by atoms with Crippen LogP contribution in [0.1, 0.15) is 40.7 Å². The molecule has 5 rings (SSSR count). The lowest BCUT2D eigenvalue weighted by atomic mass is 9.92. The molecule has 1 saturated carbocycles. The average Bonchev–Trinajstić information content (AvgIpc) is 3.41. The second-order valence-electron chi connectivity index (χ2n) is 8.92. The Morgan fingerprint density at radius 2 is 1.97 bits per heavy atom. The second-order valence-corrected chi connectivity index (χ2v) is 8.92. The minimum atomic E-state index is -0.540. The minimum absolute atomic E-state index is 0.0643. The molecule has 2 aromatic carbocycles. The highest BCUT2D eigenvalue weighted by Gasteiger charge is 2.38. The van der Waals surface area contributed by atoms with Crippen LogP contribution >= 0.6 is 0 Å². The summed E-state index contributed by atoms with van der Waals surface area (Å²) in [5.41, 5.74) is 4.51. The van der Waals surface area contributed by atoms with Gasteiger partial charge in [-0.3, -0.25) is 19.1 Å². The third-order valence-electron chi connectivity index (χ3n) is 6.41. The van der Waals surface area contributed by atoms with E-state index in [4.69, 9.17) is 0 Å².